The molecule has 0 radical (unpaired) electrons. The van der Waals surface area contributed by atoms with Crippen LogP contribution < -0.4 is 11.2 Å². The molecule has 0 aromatic carbocycles. The van der Waals surface area contributed by atoms with Crippen LogP contribution in [0.15, 0.2) is 9.59 Å². The maximum Gasteiger partial charge on any atom is 0.325 e. The zero-order valence-corrected chi connectivity index (χ0v) is 11.0. The highest BCUT2D eigenvalue weighted by Gasteiger charge is 2.49. The molecule has 0 fully saturated rings. The Balaban J connectivity index is 2.79. The lowest BCUT2D eigenvalue weighted by atomic mass is 9.73. The van der Waals surface area contributed by atoms with Crippen molar-refractivity contribution in [2.75, 3.05) is 7.05 Å². The van der Waals surface area contributed by atoms with E-state index >= 15 is 0 Å². The molecule has 1 aromatic rings. The summed E-state index contributed by atoms with van der Waals surface area (Å²) < 4.78 is 0. The molecule has 1 aliphatic heterocycles. The molecule has 5 nitrogen and oxygen atoms in total. The molecular formula is C12H19N3O2. The fourth-order valence-electron chi connectivity index (χ4n) is 2.61. The second kappa shape index (κ2) is 3.32. The fraction of sp³-hybridized carbons (Fsp3) is 0.667. The first kappa shape index (κ1) is 12.1. The molecule has 1 aromatic heterocycles. The maximum absolute atomic E-state index is 11.8. The van der Waals surface area contributed by atoms with Gasteiger partial charge in [-0.2, -0.15) is 0 Å². The van der Waals surface area contributed by atoms with Gasteiger partial charge >= 0.3 is 5.69 Å². The van der Waals surface area contributed by atoms with Gasteiger partial charge in [-0.05, 0) is 19.4 Å². The van der Waals surface area contributed by atoms with Crippen molar-refractivity contribution >= 4 is 0 Å². The van der Waals surface area contributed by atoms with E-state index in [-0.39, 0.29) is 16.5 Å². The Morgan fingerprint density at radius 2 is 1.82 bits per heavy atom. The van der Waals surface area contributed by atoms with Gasteiger partial charge in [0.1, 0.15) is 0 Å². The second-order valence-electron chi connectivity index (χ2n) is 5.94. The van der Waals surface area contributed by atoms with Crippen LogP contribution in [-0.2, 0) is 12.1 Å². The smallest absolute Gasteiger partial charge is 0.309 e. The third-order valence-electron chi connectivity index (χ3n) is 4.15. The van der Waals surface area contributed by atoms with Crippen molar-refractivity contribution in [3.63, 3.8) is 0 Å². The van der Waals surface area contributed by atoms with Crippen molar-refractivity contribution in [2.45, 2.75) is 39.8 Å². The first-order chi connectivity index (χ1) is 7.68. The number of hydrogen-bond acceptors (Lipinski definition) is 3. The van der Waals surface area contributed by atoms with Crippen molar-refractivity contribution in [2.24, 2.45) is 5.41 Å². The molecule has 1 aliphatic rings. The van der Waals surface area contributed by atoms with E-state index in [0.29, 0.717) is 12.1 Å². The van der Waals surface area contributed by atoms with Gasteiger partial charge < -0.3 is 4.98 Å². The summed E-state index contributed by atoms with van der Waals surface area (Å²) in [5.41, 5.74) is 0.299. The molecule has 1 unspecified atom stereocenters. The van der Waals surface area contributed by atoms with Crippen LogP contribution in [-0.4, -0.2) is 21.9 Å². The predicted octanol–water partition coefficient (Wildman–Crippen LogP) is 0.770. The van der Waals surface area contributed by atoms with Crippen LogP contribution in [0.2, 0.25) is 0 Å². The summed E-state index contributed by atoms with van der Waals surface area (Å²) in [4.78, 5) is 30.4. The number of aromatic amines is 2. The van der Waals surface area contributed by atoms with E-state index in [1.807, 2.05) is 7.05 Å². The number of rotatable bonds is 0. The maximum atomic E-state index is 11.8. The van der Waals surface area contributed by atoms with Crippen LogP contribution in [0, 0.1) is 5.41 Å². The van der Waals surface area contributed by atoms with E-state index in [2.05, 4.69) is 42.6 Å². The number of nitrogens with zero attached hydrogens (tertiary/aromatic N) is 1. The van der Waals surface area contributed by atoms with E-state index in [4.69, 9.17) is 0 Å². The minimum absolute atomic E-state index is 0.0796. The van der Waals surface area contributed by atoms with E-state index < -0.39 is 5.69 Å². The van der Waals surface area contributed by atoms with E-state index in [0.717, 1.165) is 5.69 Å². The first-order valence-corrected chi connectivity index (χ1v) is 5.75. The van der Waals surface area contributed by atoms with Crippen LogP contribution in [0.3, 0.4) is 0 Å². The zero-order valence-electron chi connectivity index (χ0n) is 11.0. The van der Waals surface area contributed by atoms with Crippen molar-refractivity contribution in [1.29, 1.82) is 0 Å². The van der Waals surface area contributed by atoms with Gasteiger partial charge in [-0.15, -0.1) is 0 Å². The molecule has 2 heterocycles. The van der Waals surface area contributed by atoms with Gasteiger partial charge in [-0.1, -0.05) is 20.8 Å². The molecule has 0 amide bonds. The highest BCUT2D eigenvalue weighted by molar-refractivity contribution is 5.31. The lowest BCUT2D eigenvalue weighted by molar-refractivity contribution is 0.0338. The topological polar surface area (TPSA) is 69.0 Å². The number of nitrogens with one attached hydrogen (secondary N) is 2. The van der Waals surface area contributed by atoms with Crippen LogP contribution in [0.1, 0.15) is 39.0 Å². The summed E-state index contributed by atoms with van der Waals surface area (Å²) in [6, 6.07) is 0. The summed E-state index contributed by atoms with van der Waals surface area (Å²) in [5, 5.41) is 0. The first-order valence-electron chi connectivity index (χ1n) is 5.75. The molecule has 2 rings (SSSR count). The van der Waals surface area contributed by atoms with Gasteiger partial charge in [0.25, 0.3) is 5.56 Å². The predicted molar refractivity (Wildman–Crippen MR) is 66.0 cm³/mol. The average molecular weight is 237 g/mol. The molecule has 17 heavy (non-hydrogen) atoms. The summed E-state index contributed by atoms with van der Waals surface area (Å²) >= 11 is 0. The van der Waals surface area contributed by atoms with Crippen molar-refractivity contribution in [3.05, 3.63) is 32.1 Å². The summed E-state index contributed by atoms with van der Waals surface area (Å²) in [6.45, 7) is 8.96. The summed E-state index contributed by atoms with van der Waals surface area (Å²) in [6.07, 6.45) is 0. The highest BCUT2D eigenvalue weighted by atomic mass is 16.2. The summed E-state index contributed by atoms with van der Waals surface area (Å²) in [5.74, 6) is 0. The normalized spacial score (nSPS) is 25.0. The van der Waals surface area contributed by atoms with Gasteiger partial charge in [0.15, 0.2) is 0 Å². The number of aromatic nitrogens is 2. The molecular weight excluding hydrogens is 218 g/mol. The van der Waals surface area contributed by atoms with Gasteiger partial charge in [-0.3, -0.25) is 14.7 Å². The lowest BCUT2D eigenvalue weighted by Crippen LogP contribution is -2.47. The standard InChI is InChI=1S/C12H19N3O2/c1-11(2,3)12(4)8-7(6-15(12)5)9(16)14-10(17)13-8/h6H2,1-5H3,(H2,13,14,16,17). The van der Waals surface area contributed by atoms with Crippen molar-refractivity contribution in [1.82, 2.24) is 14.9 Å². The molecule has 94 valence electrons. The Bertz CT molecular complexity index is 564. The average Bonchev–Trinajstić information content (AvgIpc) is 2.42. The molecule has 0 saturated carbocycles. The third-order valence-corrected chi connectivity index (χ3v) is 4.15. The van der Waals surface area contributed by atoms with E-state index in [9.17, 15) is 9.59 Å². The molecule has 0 spiro atoms. The van der Waals surface area contributed by atoms with E-state index in [1.54, 1.807) is 0 Å². The minimum atomic E-state index is -0.431. The molecule has 5 heteroatoms. The quantitative estimate of drug-likeness (QED) is 0.700. The SMILES string of the molecule is CN1Cc2c([nH]c(=O)[nH]c2=O)C1(C)C(C)(C)C. The van der Waals surface area contributed by atoms with Gasteiger partial charge in [0, 0.05) is 6.54 Å². The van der Waals surface area contributed by atoms with Gasteiger partial charge in [0.05, 0.1) is 16.8 Å². The molecule has 1 atom stereocenters. The van der Waals surface area contributed by atoms with Crippen LogP contribution in [0.25, 0.3) is 0 Å². The second-order valence-corrected chi connectivity index (χ2v) is 5.94. The minimum Gasteiger partial charge on any atom is -0.309 e. The molecule has 0 aliphatic carbocycles. The highest BCUT2D eigenvalue weighted by Crippen LogP contribution is 2.47. The Kier molecular flexibility index (Phi) is 2.36. The van der Waals surface area contributed by atoms with Crippen molar-refractivity contribution in [3.8, 4) is 0 Å². The number of fused-ring (bicyclic) bond motifs is 1. The van der Waals surface area contributed by atoms with Crippen molar-refractivity contribution < 1.29 is 0 Å². The Morgan fingerprint density at radius 3 is 2.35 bits per heavy atom. The Labute approximate surface area is 99.9 Å². The van der Waals surface area contributed by atoms with Gasteiger partial charge in [-0.25, -0.2) is 4.79 Å². The van der Waals surface area contributed by atoms with E-state index in [1.165, 1.54) is 0 Å². The van der Waals surface area contributed by atoms with Crippen LogP contribution in [0.5, 0.6) is 0 Å². The third kappa shape index (κ3) is 1.49. The van der Waals surface area contributed by atoms with Crippen LogP contribution in [0.4, 0.5) is 0 Å². The molecule has 0 bridgehead atoms. The van der Waals surface area contributed by atoms with Gasteiger partial charge in [0.2, 0.25) is 0 Å². The van der Waals surface area contributed by atoms with Crippen LogP contribution >= 0.6 is 0 Å². The monoisotopic (exact) mass is 237 g/mol. The Hall–Kier alpha value is -1.36. The summed E-state index contributed by atoms with van der Waals surface area (Å²) in [7, 11) is 1.98. The zero-order chi connectivity index (χ0) is 13.0. The number of H-pyrrole nitrogens is 2. The lowest BCUT2D eigenvalue weighted by Gasteiger charge is -2.44. The fourth-order valence-corrected chi connectivity index (χ4v) is 2.61. The molecule has 0 saturated heterocycles. The number of hydrogen-bond donors (Lipinski definition) is 2. The Morgan fingerprint density at radius 1 is 1.24 bits per heavy atom. The largest absolute Gasteiger partial charge is 0.325 e. The molecule has 2 N–H and O–H groups in total.